The van der Waals surface area contributed by atoms with Crippen LogP contribution in [0.15, 0.2) is 36.4 Å². The monoisotopic (exact) mass is 516 g/mol. The van der Waals surface area contributed by atoms with Crippen LogP contribution in [0.25, 0.3) is 6.08 Å². The van der Waals surface area contributed by atoms with Gasteiger partial charge in [-0.2, -0.15) is 0 Å². The molecule has 0 amide bonds. The number of carbonyl (C=O) groups is 2. The van der Waals surface area contributed by atoms with Crippen molar-refractivity contribution in [3.05, 3.63) is 42.0 Å². The lowest BCUT2D eigenvalue weighted by Crippen LogP contribution is -2.05. The molecule has 1 aromatic rings. The third-order valence-electron chi connectivity index (χ3n) is 6.39. The summed E-state index contributed by atoms with van der Waals surface area (Å²) in [6.45, 7) is 7.47. The molecule has 0 saturated carbocycles. The summed E-state index contributed by atoms with van der Waals surface area (Å²) in [5.41, 5.74) is 0.898. The molecule has 1 rings (SSSR count). The number of hydrogen-bond acceptors (Lipinski definition) is 3. The van der Waals surface area contributed by atoms with E-state index in [4.69, 9.17) is 9.84 Å². The predicted octanol–water partition coefficient (Wildman–Crippen LogP) is 10.0. The van der Waals surface area contributed by atoms with Crippen molar-refractivity contribution in [3.8, 4) is 0 Å². The number of esters is 1. The normalized spacial score (nSPS) is 10.9. The topological polar surface area (TPSA) is 63.6 Å². The van der Waals surface area contributed by atoms with Gasteiger partial charge in [0, 0.05) is 12.5 Å². The van der Waals surface area contributed by atoms with E-state index in [0.29, 0.717) is 13.0 Å². The Hall–Kier alpha value is -2.10. The molecule has 0 atom stereocenters. The van der Waals surface area contributed by atoms with Crippen LogP contribution in [0.4, 0.5) is 0 Å². The maximum atomic E-state index is 11.7. The Labute approximate surface area is 228 Å². The van der Waals surface area contributed by atoms with Crippen molar-refractivity contribution in [1.29, 1.82) is 0 Å². The van der Waals surface area contributed by atoms with Crippen LogP contribution in [0.1, 0.15) is 142 Å². The van der Waals surface area contributed by atoms with E-state index in [1.165, 1.54) is 96.3 Å². The van der Waals surface area contributed by atoms with E-state index in [1.807, 2.05) is 30.3 Å². The first-order valence-electron chi connectivity index (χ1n) is 15.1. The molecular weight excluding hydrogens is 460 g/mol. The summed E-state index contributed by atoms with van der Waals surface area (Å²) in [5, 5.41) is 8.29. The van der Waals surface area contributed by atoms with Gasteiger partial charge < -0.3 is 9.84 Å². The first kappa shape index (κ1) is 34.9. The van der Waals surface area contributed by atoms with Gasteiger partial charge in [-0.05, 0) is 30.4 Å². The highest BCUT2D eigenvalue weighted by molar-refractivity contribution is 5.85. The van der Waals surface area contributed by atoms with Gasteiger partial charge in [0.2, 0.25) is 0 Å². The minimum Gasteiger partial charge on any atom is -0.478 e. The zero-order valence-electron chi connectivity index (χ0n) is 24.2. The van der Waals surface area contributed by atoms with E-state index in [-0.39, 0.29) is 5.97 Å². The van der Waals surface area contributed by atoms with E-state index in [1.54, 1.807) is 6.08 Å². The summed E-state index contributed by atoms with van der Waals surface area (Å²) in [6.07, 6.45) is 25.3. The van der Waals surface area contributed by atoms with Crippen molar-refractivity contribution in [2.24, 2.45) is 5.92 Å². The van der Waals surface area contributed by atoms with Crippen LogP contribution in [0.5, 0.6) is 0 Å². The summed E-state index contributed by atoms with van der Waals surface area (Å²) in [7, 11) is 0. The third-order valence-corrected chi connectivity index (χ3v) is 6.39. The van der Waals surface area contributed by atoms with Crippen LogP contribution >= 0.6 is 0 Å². The van der Waals surface area contributed by atoms with Gasteiger partial charge in [0.25, 0.3) is 0 Å². The second kappa shape index (κ2) is 26.9. The second-order valence-corrected chi connectivity index (χ2v) is 10.5. The molecule has 0 fully saturated rings. The first-order chi connectivity index (χ1) is 18.0. The molecule has 212 valence electrons. The molecule has 0 aliphatic heterocycles. The number of carboxylic acid groups (broad SMARTS) is 1. The second-order valence-electron chi connectivity index (χ2n) is 10.5. The molecule has 0 bridgehead atoms. The smallest absolute Gasteiger partial charge is 0.328 e. The summed E-state index contributed by atoms with van der Waals surface area (Å²) in [6, 6.07) is 9.31. The fourth-order valence-electron chi connectivity index (χ4n) is 4.11. The van der Waals surface area contributed by atoms with Gasteiger partial charge in [-0.3, -0.25) is 4.79 Å². The van der Waals surface area contributed by atoms with Crippen molar-refractivity contribution in [2.75, 3.05) is 6.61 Å². The molecule has 1 N–H and O–H groups in total. The lowest BCUT2D eigenvalue weighted by molar-refractivity contribution is -0.144. The Balaban J connectivity index is 0.000000970. The summed E-state index contributed by atoms with van der Waals surface area (Å²) in [5.74, 6) is -0.0823. The predicted molar refractivity (Wildman–Crippen MR) is 158 cm³/mol. The van der Waals surface area contributed by atoms with E-state index in [0.717, 1.165) is 30.4 Å². The number of ether oxygens (including phenoxy) is 1. The van der Waals surface area contributed by atoms with Gasteiger partial charge in [-0.25, -0.2) is 4.79 Å². The molecule has 4 nitrogen and oxygen atoms in total. The van der Waals surface area contributed by atoms with Crippen molar-refractivity contribution < 1.29 is 19.4 Å². The highest BCUT2D eigenvalue weighted by atomic mass is 16.5. The Morgan fingerprint density at radius 3 is 1.81 bits per heavy atom. The fraction of sp³-hybridized carbons (Fsp3) is 0.697. The number of unbranched alkanes of at least 4 members (excludes halogenated alkanes) is 14. The fourth-order valence-corrected chi connectivity index (χ4v) is 4.11. The van der Waals surface area contributed by atoms with Gasteiger partial charge >= 0.3 is 11.9 Å². The largest absolute Gasteiger partial charge is 0.478 e. The summed E-state index contributed by atoms with van der Waals surface area (Å²) >= 11 is 0. The molecule has 0 saturated heterocycles. The first-order valence-corrected chi connectivity index (χ1v) is 15.1. The summed E-state index contributed by atoms with van der Waals surface area (Å²) in [4.78, 5) is 21.8. The zero-order valence-corrected chi connectivity index (χ0v) is 24.2. The van der Waals surface area contributed by atoms with Crippen LogP contribution in [0.2, 0.25) is 0 Å². The lowest BCUT2D eigenvalue weighted by Gasteiger charge is -2.06. The van der Waals surface area contributed by atoms with E-state index in [9.17, 15) is 9.59 Å². The molecule has 1 aromatic carbocycles. The number of hydrogen-bond donors (Lipinski definition) is 1. The number of benzene rings is 1. The molecule has 0 aromatic heterocycles. The van der Waals surface area contributed by atoms with Gasteiger partial charge in [0.05, 0.1) is 6.61 Å². The van der Waals surface area contributed by atoms with E-state index < -0.39 is 5.97 Å². The molecule has 0 spiro atoms. The van der Waals surface area contributed by atoms with Crippen LogP contribution in [0, 0.1) is 5.92 Å². The minimum absolute atomic E-state index is 0.0146. The van der Waals surface area contributed by atoms with Gasteiger partial charge in [0.1, 0.15) is 0 Å². The molecular formula is C33H56O4. The third kappa shape index (κ3) is 28.3. The highest BCUT2D eigenvalue weighted by Gasteiger charge is 2.02. The minimum atomic E-state index is -0.922. The van der Waals surface area contributed by atoms with E-state index >= 15 is 0 Å². The average Bonchev–Trinajstić information content (AvgIpc) is 2.88. The Kier molecular flexibility index (Phi) is 25.4. The maximum absolute atomic E-state index is 11.7. The molecule has 37 heavy (non-hydrogen) atoms. The van der Waals surface area contributed by atoms with Gasteiger partial charge in [-0.1, -0.05) is 147 Å². The average molecular weight is 517 g/mol. The molecule has 0 heterocycles. The van der Waals surface area contributed by atoms with Gasteiger partial charge in [-0.15, -0.1) is 0 Å². The van der Waals surface area contributed by atoms with Crippen LogP contribution < -0.4 is 0 Å². The van der Waals surface area contributed by atoms with Crippen LogP contribution in [0.3, 0.4) is 0 Å². The van der Waals surface area contributed by atoms with Crippen molar-refractivity contribution in [3.63, 3.8) is 0 Å². The molecule has 4 heteroatoms. The molecule has 0 aliphatic rings. The lowest BCUT2D eigenvalue weighted by atomic mass is 10.0. The Bertz CT molecular complexity index is 666. The number of aliphatic carboxylic acids is 1. The van der Waals surface area contributed by atoms with Crippen molar-refractivity contribution >= 4 is 18.0 Å². The summed E-state index contributed by atoms with van der Waals surface area (Å²) < 4.78 is 5.34. The Morgan fingerprint density at radius 2 is 1.27 bits per heavy atom. The molecule has 0 unspecified atom stereocenters. The maximum Gasteiger partial charge on any atom is 0.328 e. The van der Waals surface area contributed by atoms with Crippen molar-refractivity contribution in [2.45, 2.75) is 136 Å². The number of carboxylic acids is 1. The SMILES string of the molecule is CCCCCCCCCCCCCC(=O)OCCCCCCCC(C)C.O=C(O)C=Cc1ccccc1. The highest BCUT2D eigenvalue weighted by Crippen LogP contribution is 2.13. The van der Waals surface area contributed by atoms with E-state index in [2.05, 4.69) is 20.8 Å². The van der Waals surface area contributed by atoms with Crippen molar-refractivity contribution in [1.82, 2.24) is 0 Å². The molecule has 0 radical (unpaired) electrons. The quantitative estimate of drug-likeness (QED) is 0.0946. The Morgan fingerprint density at radius 1 is 0.757 bits per heavy atom. The van der Waals surface area contributed by atoms with Crippen LogP contribution in [-0.4, -0.2) is 23.7 Å². The number of carbonyl (C=O) groups excluding carboxylic acids is 1. The molecule has 0 aliphatic carbocycles. The van der Waals surface area contributed by atoms with Gasteiger partial charge in [0.15, 0.2) is 0 Å². The number of rotatable bonds is 22. The standard InChI is InChI=1S/C24H48O2.C9H8O2/c1-4-5-6-7-8-9-10-11-12-15-18-21-24(25)26-22-19-16-13-14-17-20-23(2)3;10-9(11)7-6-8-4-2-1-3-5-8/h23H,4-22H2,1-3H3;1-7H,(H,10,11). The van der Waals surface area contributed by atoms with Crippen LogP contribution in [-0.2, 0) is 14.3 Å². The zero-order chi connectivity index (χ0) is 27.4.